The van der Waals surface area contributed by atoms with Crippen molar-refractivity contribution in [1.82, 2.24) is 0 Å². The molecule has 0 aliphatic heterocycles. The summed E-state index contributed by atoms with van der Waals surface area (Å²) in [7, 11) is -0.980. The van der Waals surface area contributed by atoms with Crippen LogP contribution in [-0.2, 0) is 10.8 Å². The fraction of sp³-hybridized carbons (Fsp3) is 0.286. The highest BCUT2D eigenvalue weighted by molar-refractivity contribution is 7.85. The second-order valence-electron chi connectivity index (χ2n) is 4.22. The second-order valence-corrected chi connectivity index (χ2v) is 5.79. The van der Waals surface area contributed by atoms with E-state index < -0.39 is 10.8 Å². The number of benzene rings is 2. The van der Waals surface area contributed by atoms with E-state index in [-0.39, 0.29) is 0 Å². The van der Waals surface area contributed by atoms with E-state index in [1.807, 2.05) is 42.5 Å². The Kier molecular flexibility index (Phi) is 4.95. The molecule has 0 amide bonds. The van der Waals surface area contributed by atoms with Crippen molar-refractivity contribution in [2.24, 2.45) is 5.11 Å². The van der Waals surface area contributed by atoms with Gasteiger partial charge in [0.25, 0.3) is 0 Å². The minimum absolute atomic E-state index is 0.478. The molecular weight excluding hydrogens is 258 g/mol. The molecule has 0 radical (unpaired) electrons. The van der Waals surface area contributed by atoms with Crippen LogP contribution in [0.5, 0.6) is 0 Å². The van der Waals surface area contributed by atoms with Gasteiger partial charge in [0.2, 0.25) is 0 Å². The van der Waals surface area contributed by atoms with Crippen molar-refractivity contribution in [3.8, 4) is 0 Å². The van der Waals surface area contributed by atoms with Crippen LogP contribution in [0.15, 0.2) is 52.5 Å². The van der Waals surface area contributed by atoms with Gasteiger partial charge in [-0.05, 0) is 41.3 Å². The second kappa shape index (κ2) is 6.92. The summed E-state index contributed by atoms with van der Waals surface area (Å²) in [4.78, 5) is 3.56. The molecule has 0 aromatic heterocycles. The van der Waals surface area contributed by atoms with Gasteiger partial charge in [-0.2, -0.15) is 0 Å². The molecule has 19 heavy (non-hydrogen) atoms. The predicted octanol–water partition coefficient (Wildman–Crippen LogP) is 4.04. The van der Waals surface area contributed by atoms with Crippen LogP contribution in [0.4, 0.5) is 0 Å². The lowest BCUT2D eigenvalue weighted by Gasteiger charge is -2.04. The Morgan fingerprint density at radius 2 is 1.89 bits per heavy atom. The predicted molar refractivity (Wildman–Crippen MR) is 78.5 cm³/mol. The zero-order valence-corrected chi connectivity index (χ0v) is 11.3. The summed E-state index contributed by atoms with van der Waals surface area (Å²) < 4.78 is 12.1. The molecule has 2 aromatic rings. The molecule has 0 heterocycles. The number of nitrogens with zero attached hydrogens (tertiary/aromatic N) is 3. The van der Waals surface area contributed by atoms with Gasteiger partial charge < -0.3 is 0 Å². The van der Waals surface area contributed by atoms with Crippen LogP contribution in [0.2, 0.25) is 0 Å². The molecule has 0 saturated heterocycles. The molecule has 5 heteroatoms. The highest BCUT2D eigenvalue weighted by Gasteiger charge is 2.04. The Labute approximate surface area is 114 Å². The van der Waals surface area contributed by atoms with E-state index in [1.54, 1.807) is 0 Å². The molecular formula is C14H15N3OS. The van der Waals surface area contributed by atoms with Crippen molar-refractivity contribution in [3.05, 3.63) is 52.9 Å². The third-order valence-corrected chi connectivity index (χ3v) is 4.32. The largest absolute Gasteiger partial charge is 0.254 e. The van der Waals surface area contributed by atoms with Crippen LogP contribution in [-0.4, -0.2) is 16.5 Å². The molecule has 0 aliphatic carbocycles. The zero-order chi connectivity index (χ0) is 13.5. The molecule has 0 spiro atoms. The van der Waals surface area contributed by atoms with Gasteiger partial charge in [-0.15, -0.1) is 0 Å². The van der Waals surface area contributed by atoms with Crippen molar-refractivity contribution in [2.45, 2.75) is 17.7 Å². The Morgan fingerprint density at radius 3 is 2.68 bits per heavy atom. The molecule has 0 unspecified atom stereocenters. The SMILES string of the molecule is [N-]=[N+]=NCCCC[S@@](=O)c1ccc2ccccc2c1. The van der Waals surface area contributed by atoms with Crippen LogP contribution in [0.1, 0.15) is 12.8 Å². The lowest BCUT2D eigenvalue weighted by atomic mass is 10.1. The zero-order valence-electron chi connectivity index (χ0n) is 10.5. The van der Waals surface area contributed by atoms with Crippen molar-refractivity contribution in [2.75, 3.05) is 12.3 Å². The molecule has 0 fully saturated rings. The first-order valence-electron chi connectivity index (χ1n) is 6.19. The molecule has 0 bridgehead atoms. The summed E-state index contributed by atoms with van der Waals surface area (Å²) in [5.74, 6) is 0.610. The smallest absolute Gasteiger partial charge is 0.0529 e. The fourth-order valence-corrected chi connectivity index (χ4v) is 3.07. The molecule has 2 rings (SSSR count). The van der Waals surface area contributed by atoms with E-state index in [2.05, 4.69) is 10.0 Å². The fourth-order valence-electron chi connectivity index (χ4n) is 1.89. The summed E-state index contributed by atoms with van der Waals surface area (Å²) in [5.41, 5.74) is 8.15. The first kappa shape index (κ1) is 13.6. The Morgan fingerprint density at radius 1 is 1.11 bits per heavy atom. The lowest BCUT2D eigenvalue weighted by molar-refractivity contribution is 0.678. The van der Waals surface area contributed by atoms with Crippen molar-refractivity contribution in [3.63, 3.8) is 0 Å². The molecule has 0 aliphatic rings. The van der Waals surface area contributed by atoms with Crippen LogP contribution in [0.3, 0.4) is 0 Å². The maximum absolute atomic E-state index is 12.1. The third kappa shape index (κ3) is 3.81. The maximum atomic E-state index is 12.1. The van der Waals surface area contributed by atoms with E-state index in [4.69, 9.17) is 5.53 Å². The average molecular weight is 273 g/mol. The number of unbranched alkanes of at least 4 members (excludes halogenated alkanes) is 1. The maximum Gasteiger partial charge on any atom is 0.0529 e. The van der Waals surface area contributed by atoms with Crippen LogP contribution in [0, 0.1) is 0 Å². The van der Waals surface area contributed by atoms with Gasteiger partial charge in [0, 0.05) is 22.1 Å². The van der Waals surface area contributed by atoms with Crippen LogP contribution in [0.25, 0.3) is 21.2 Å². The molecule has 0 saturated carbocycles. The highest BCUT2D eigenvalue weighted by atomic mass is 32.2. The molecule has 98 valence electrons. The van der Waals surface area contributed by atoms with Gasteiger partial charge in [-0.3, -0.25) is 4.21 Å². The van der Waals surface area contributed by atoms with Crippen LogP contribution >= 0.6 is 0 Å². The first-order chi connectivity index (χ1) is 9.31. The van der Waals surface area contributed by atoms with Gasteiger partial charge in [-0.1, -0.05) is 35.4 Å². The van der Waals surface area contributed by atoms with E-state index in [9.17, 15) is 4.21 Å². The van der Waals surface area contributed by atoms with Crippen LogP contribution < -0.4 is 0 Å². The van der Waals surface area contributed by atoms with E-state index in [1.165, 1.54) is 0 Å². The Hall–Kier alpha value is -1.84. The molecule has 4 nitrogen and oxygen atoms in total. The van der Waals surface area contributed by atoms with Gasteiger partial charge in [0.1, 0.15) is 0 Å². The lowest BCUT2D eigenvalue weighted by Crippen LogP contribution is -1.98. The number of azide groups is 1. The molecule has 2 aromatic carbocycles. The Bertz CT molecular complexity index is 635. The third-order valence-electron chi connectivity index (χ3n) is 2.88. The monoisotopic (exact) mass is 273 g/mol. The quantitative estimate of drug-likeness (QED) is 0.339. The summed E-state index contributed by atoms with van der Waals surface area (Å²) in [6.45, 7) is 0.478. The summed E-state index contributed by atoms with van der Waals surface area (Å²) in [6.07, 6.45) is 1.59. The van der Waals surface area contributed by atoms with Crippen molar-refractivity contribution in [1.29, 1.82) is 0 Å². The Balaban J connectivity index is 1.99. The minimum Gasteiger partial charge on any atom is -0.254 e. The topological polar surface area (TPSA) is 65.8 Å². The standard InChI is InChI=1S/C14H15N3OS/c15-17-16-9-3-4-10-19(18)14-8-7-12-5-1-2-6-13(12)11-14/h1-2,5-8,11H,3-4,9-10H2/t19-/m1/s1. The minimum atomic E-state index is -0.980. The normalized spacial score (nSPS) is 12.0. The number of hydrogen-bond acceptors (Lipinski definition) is 2. The molecule has 0 N–H and O–H groups in total. The summed E-state index contributed by atoms with van der Waals surface area (Å²) in [6, 6.07) is 14.0. The van der Waals surface area contributed by atoms with Gasteiger partial charge in [0.15, 0.2) is 0 Å². The van der Waals surface area contributed by atoms with E-state index >= 15 is 0 Å². The first-order valence-corrected chi connectivity index (χ1v) is 7.51. The van der Waals surface area contributed by atoms with Gasteiger partial charge in [0.05, 0.1) is 10.8 Å². The summed E-state index contributed by atoms with van der Waals surface area (Å²) >= 11 is 0. The van der Waals surface area contributed by atoms with Crippen molar-refractivity contribution >= 4 is 21.6 Å². The highest BCUT2D eigenvalue weighted by Crippen LogP contribution is 2.18. The number of rotatable bonds is 6. The van der Waals surface area contributed by atoms with Crippen molar-refractivity contribution < 1.29 is 4.21 Å². The van der Waals surface area contributed by atoms with Gasteiger partial charge >= 0.3 is 0 Å². The number of hydrogen-bond donors (Lipinski definition) is 0. The average Bonchev–Trinajstić information content (AvgIpc) is 2.46. The summed E-state index contributed by atoms with van der Waals surface area (Å²) in [5, 5.41) is 5.74. The van der Waals surface area contributed by atoms with Gasteiger partial charge in [-0.25, -0.2) is 0 Å². The van der Waals surface area contributed by atoms with E-state index in [0.29, 0.717) is 12.3 Å². The van der Waals surface area contributed by atoms with E-state index in [0.717, 1.165) is 28.5 Å². The number of fused-ring (bicyclic) bond motifs is 1. The molecule has 1 atom stereocenters.